The number of hydrogen-bond donors (Lipinski definition) is 1. The number of hydrogen-bond acceptors (Lipinski definition) is 6. The zero-order valence-corrected chi connectivity index (χ0v) is 21.7. The molecule has 0 saturated heterocycles. The summed E-state index contributed by atoms with van der Waals surface area (Å²) in [4.78, 5) is 35.8. The van der Waals surface area contributed by atoms with Crippen molar-refractivity contribution in [3.05, 3.63) is 0 Å². The molecule has 4 radical (unpaired) electrons. The van der Waals surface area contributed by atoms with Crippen LogP contribution >= 0.6 is 0 Å². The third-order valence-corrected chi connectivity index (χ3v) is 6.92. The van der Waals surface area contributed by atoms with Crippen LogP contribution in [0.15, 0.2) is 4.99 Å². The van der Waals surface area contributed by atoms with E-state index in [1.54, 1.807) is 12.3 Å². The minimum absolute atomic E-state index is 0. The van der Waals surface area contributed by atoms with E-state index in [-0.39, 0.29) is 40.9 Å². The van der Waals surface area contributed by atoms with Crippen LogP contribution in [0.4, 0.5) is 4.79 Å². The summed E-state index contributed by atoms with van der Waals surface area (Å²) in [5, 5.41) is 11.4. The molecule has 2 aliphatic carbocycles. The summed E-state index contributed by atoms with van der Waals surface area (Å²) in [6, 6.07) is 0.0872. The standard InChI is InChI=1S/C13H21B2NO2.C12H18N2O2.H2/c1-12(2)6-9(16-11(15)18)7-13(3,8-12)5-4-10(14)17;1-11(2)4-10(16-8-13)5-12(3,6-11)7-14-9-15;/h9H,4-8H2,1-3H3,(H,16,18);10H,4-7H2,1-3H3;1H/i;;1+1. The number of aliphatic imine (C=N–C) groups is 1. The van der Waals surface area contributed by atoms with Crippen LogP contribution < -0.4 is 5.32 Å². The molecule has 2 aliphatic rings. The second kappa shape index (κ2) is 12.1. The van der Waals surface area contributed by atoms with Crippen LogP contribution in [0.3, 0.4) is 0 Å². The molecule has 2 fully saturated rings. The number of nitriles is 1. The van der Waals surface area contributed by atoms with Crippen molar-refractivity contribution in [1.82, 2.24) is 5.32 Å². The Morgan fingerprint density at radius 3 is 2.15 bits per heavy atom. The fourth-order valence-corrected chi connectivity index (χ4v) is 6.59. The lowest BCUT2D eigenvalue weighted by molar-refractivity contribution is -0.112. The predicted molar refractivity (Wildman–Crippen MR) is 135 cm³/mol. The molecule has 2 rings (SSSR count). The van der Waals surface area contributed by atoms with Gasteiger partial charge < -0.3 is 14.8 Å². The SMILES string of the molecule is CC1(C)CC(OC#N)CC(C)(CN=C=O)C1.[2HH].[B]C(=O)CCC1(C)CC(NC([B])=O)CC(C)(C)C1. The molecule has 9 heteroatoms. The molecule has 0 aromatic heterocycles. The van der Waals surface area contributed by atoms with Crippen molar-refractivity contribution < 1.29 is 20.5 Å². The number of nitrogens with one attached hydrogen (secondary N) is 1. The molecule has 4 unspecified atom stereocenters. The summed E-state index contributed by atoms with van der Waals surface area (Å²) in [5.41, 5.74) is -0.0473. The van der Waals surface area contributed by atoms with E-state index >= 15 is 0 Å². The first kappa shape index (κ1) is 30.0. The molecule has 0 spiro atoms. The maximum absolute atomic E-state index is 11.0. The van der Waals surface area contributed by atoms with Crippen LogP contribution in [0.25, 0.3) is 0 Å². The Balaban J connectivity index is 0.000000646. The maximum Gasteiger partial charge on any atom is 0.286 e. The Morgan fingerprint density at radius 2 is 1.62 bits per heavy atom. The van der Waals surface area contributed by atoms with E-state index in [1.165, 1.54) is 0 Å². The smallest absolute Gasteiger partial charge is 0.286 e. The molecule has 186 valence electrons. The number of ether oxygens (including phenoxy) is 1. The van der Waals surface area contributed by atoms with Gasteiger partial charge in [-0.2, -0.15) is 5.26 Å². The fraction of sp³-hybridized carbons (Fsp3) is 0.840. The van der Waals surface area contributed by atoms with E-state index in [2.05, 4.69) is 51.9 Å². The Bertz CT molecular complexity index is 826. The fourth-order valence-electron chi connectivity index (χ4n) is 6.59. The number of carbonyl (C=O) groups is 2. The number of isocyanates is 1. The van der Waals surface area contributed by atoms with Crippen molar-refractivity contribution in [2.24, 2.45) is 26.7 Å². The van der Waals surface area contributed by atoms with E-state index < -0.39 is 5.81 Å². The molecule has 7 nitrogen and oxygen atoms in total. The Morgan fingerprint density at radius 1 is 1.03 bits per heavy atom. The van der Waals surface area contributed by atoms with Gasteiger partial charge in [0, 0.05) is 7.47 Å². The average molecular weight is 470 g/mol. The van der Waals surface area contributed by atoms with Gasteiger partial charge in [-0.05, 0) is 73.0 Å². The van der Waals surface area contributed by atoms with E-state index in [9.17, 15) is 14.4 Å². The zero-order chi connectivity index (χ0) is 26.2. The van der Waals surface area contributed by atoms with Gasteiger partial charge in [-0.1, -0.05) is 41.5 Å². The van der Waals surface area contributed by atoms with Crippen LogP contribution in [0.2, 0.25) is 0 Å². The highest BCUT2D eigenvalue weighted by Crippen LogP contribution is 2.49. The van der Waals surface area contributed by atoms with Gasteiger partial charge in [-0.15, -0.1) is 0 Å². The first-order valence-electron chi connectivity index (χ1n) is 12.0. The van der Waals surface area contributed by atoms with Gasteiger partial charge in [-0.25, -0.2) is 9.79 Å². The largest absolute Gasteiger partial charge is 0.424 e. The van der Waals surface area contributed by atoms with Crippen molar-refractivity contribution in [2.45, 2.75) is 105 Å². The molecule has 34 heavy (non-hydrogen) atoms. The molecule has 1 amide bonds. The Hall–Kier alpha value is -2.06. The zero-order valence-electron chi connectivity index (χ0n) is 21.7. The number of amides is 1. The van der Waals surface area contributed by atoms with E-state index in [1.807, 2.05) is 0 Å². The molecule has 0 aliphatic heterocycles. The number of rotatable bonds is 7. The lowest BCUT2D eigenvalue weighted by atomic mass is 9.60. The molecule has 2 saturated carbocycles. The average Bonchev–Trinajstić information content (AvgIpc) is 2.62. The van der Waals surface area contributed by atoms with Crippen molar-refractivity contribution in [1.29, 1.82) is 5.26 Å². The van der Waals surface area contributed by atoms with Gasteiger partial charge in [0.15, 0.2) is 13.7 Å². The highest BCUT2D eigenvalue weighted by Gasteiger charge is 2.42. The lowest BCUT2D eigenvalue weighted by Gasteiger charge is -2.47. The first-order valence-corrected chi connectivity index (χ1v) is 12.0. The van der Waals surface area contributed by atoms with Gasteiger partial charge >= 0.3 is 0 Å². The second-order valence-corrected chi connectivity index (χ2v) is 12.5. The van der Waals surface area contributed by atoms with Crippen LogP contribution in [-0.2, 0) is 14.3 Å². The normalized spacial score (nSPS) is 31.4. The molecule has 0 aromatic rings. The van der Waals surface area contributed by atoms with Crippen LogP contribution in [0.5, 0.6) is 0 Å². The van der Waals surface area contributed by atoms with E-state index in [0.717, 1.165) is 44.9 Å². The van der Waals surface area contributed by atoms with Crippen LogP contribution in [0.1, 0.15) is 94.3 Å². The summed E-state index contributed by atoms with van der Waals surface area (Å²) < 4.78 is 5.06. The summed E-state index contributed by atoms with van der Waals surface area (Å²) in [5.74, 6) is -0.477. The minimum Gasteiger partial charge on any atom is -0.424 e. The molecule has 4 atom stereocenters. The van der Waals surface area contributed by atoms with Crippen LogP contribution in [-0.4, -0.2) is 52.0 Å². The maximum atomic E-state index is 11.0. The van der Waals surface area contributed by atoms with Gasteiger partial charge in [-0.3, -0.25) is 4.79 Å². The Kier molecular flexibility index (Phi) is 10.6. The van der Waals surface area contributed by atoms with E-state index in [0.29, 0.717) is 13.0 Å². The van der Waals surface area contributed by atoms with Crippen LogP contribution in [0, 0.1) is 33.2 Å². The van der Waals surface area contributed by atoms with Crippen molar-refractivity contribution in [3.63, 3.8) is 0 Å². The molecule has 0 aromatic carbocycles. The molecule has 1 N–H and O–H groups in total. The summed E-state index contributed by atoms with van der Waals surface area (Å²) >= 11 is 0. The van der Waals surface area contributed by atoms with Crippen molar-refractivity contribution >= 4 is 33.3 Å². The van der Waals surface area contributed by atoms with Gasteiger partial charge in [0.2, 0.25) is 13.9 Å². The van der Waals surface area contributed by atoms with Crippen molar-refractivity contribution in [2.75, 3.05) is 6.54 Å². The second-order valence-electron chi connectivity index (χ2n) is 12.5. The highest BCUT2D eigenvalue weighted by molar-refractivity contribution is 6.57. The molecular formula is C25H41B2N3O4. The molecular weight excluding hydrogens is 428 g/mol. The van der Waals surface area contributed by atoms with Gasteiger partial charge in [0.1, 0.15) is 6.10 Å². The summed E-state index contributed by atoms with van der Waals surface area (Å²) in [6.07, 6.45) is 9.89. The topological polar surface area (TPSA) is 109 Å². The highest BCUT2D eigenvalue weighted by atomic mass is 16.5. The number of carbonyl (C=O) groups excluding carboxylic acids is 3. The molecule has 0 heterocycles. The lowest BCUT2D eigenvalue weighted by Crippen LogP contribution is -2.46. The Labute approximate surface area is 209 Å². The molecule has 0 bridgehead atoms. The third kappa shape index (κ3) is 10.9. The number of nitrogens with zero attached hydrogens (tertiary/aromatic N) is 2. The first-order chi connectivity index (χ1) is 15.5. The monoisotopic (exact) mass is 470 g/mol. The van der Waals surface area contributed by atoms with Gasteiger partial charge in [0.05, 0.1) is 12.2 Å². The minimum atomic E-state index is -0.477. The van der Waals surface area contributed by atoms with E-state index in [4.69, 9.17) is 25.7 Å². The summed E-state index contributed by atoms with van der Waals surface area (Å²) in [6.45, 7) is 13.4. The summed E-state index contributed by atoms with van der Waals surface area (Å²) in [7, 11) is 10.4. The quantitative estimate of drug-likeness (QED) is 0.254. The van der Waals surface area contributed by atoms with Crippen molar-refractivity contribution in [3.8, 4) is 6.26 Å². The third-order valence-electron chi connectivity index (χ3n) is 6.92. The predicted octanol–water partition coefficient (Wildman–Crippen LogP) is 4.58. The van der Waals surface area contributed by atoms with Gasteiger partial charge in [0.25, 0.3) is 6.26 Å².